The Bertz CT molecular complexity index is 578. The highest BCUT2D eigenvalue weighted by molar-refractivity contribution is 9.10. The molecule has 1 unspecified atom stereocenters. The number of hydrogen-bond donors (Lipinski definition) is 2. The molecular formula is C15H17BrN2OS. The van der Waals surface area contributed by atoms with Crippen molar-refractivity contribution in [3.05, 3.63) is 45.7 Å². The summed E-state index contributed by atoms with van der Waals surface area (Å²) in [5.74, 6) is -0.0287. The van der Waals surface area contributed by atoms with Crippen LogP contribution in [0.3, 0.4) is 0 Å². The van der Waals surface area contributed by atoms with Crippen molar-refractivity contribution in [2.45, 2.75) is 19.4 Å². The van der Waals surface area contributed by atoms with Crippen LogP contribution in [0.15, 0.2) is 40.9 Å². The minimum absolute atomic E-state index is 0.0287. The van der Waals surface area contributed by atoms with Crippen LogP contribution in [0.1, 0.15) is 23.0 Å². The van der Waals surface area contributed by atoms with Crippen molar-refractivity contribution in [2.75, 3.05) is 6.54 Å². The normalized spacial score (nSPS) is 12.2. The summed E-state index contributed by atoms with van der Waals surface area (Å²) in [4.78, 5) is 13.8. The number of hydrogen-bond acceptors (Lipinski definition) is 3. The van der Waals surface area contributed by atoms with Crippen LogP contribution in [0.4, 0.5) is 0 Å². The van der Waals surface area contributed by atoms with Gasteiger partial charge in [-0.1, -0.05) is 28.1 Å². The van der Waals surface area contributed by atoms with Crippen molar-refractivity contribution in [2.24, 2.45) is 5.73 Å². The summed E-state index contributed by atoms with van der Waals surface area (Å²) in [6, 6.07) is 12.0. The predicted octanol–water partition coefficient (Wildman–Crippen LogP) is 3.64. The van der Waals surface area contributed by atoms with Gasteiger partial charge in [0, 0.05) is 21.9 Å². The van der Waals surface area contributed by atoms with Gasteiger partial charge in [0.15, 0.2) is 0 Å². The van der Waals surface area contributed by atoms with Crippen LogP contribution in [-0.2, 0) is 0 Å². The summed E-state index contributed by atoms with van der Waals surface area (Å²) >= 11 is 4.92. The topological polar surface area (TPSA) is 55.1 Å². The molecular weight excluding hydrogens is 336 g/mol. The summed E-state index contributed by atoms with van der Waals surface area (Å²) in [5, 5.41) is 2.89. The maximum Gasteiger partial charge on any atom is 0.261 e. The number of benzene rings is 1. The van der Waals surface area contributed by atoms with E-state index in [1.54, 1.807) is 0 Å². The summed E-state index contributed by atoms with van der Waals surface area (Å²) < 4.78 is 1.05. The second-order valence-electron chi connectivity index (χ2n) is 4.69. The second kappa shape index (κ2) is 7.02. The van der Waals surface area contributed by atoms with Gasteiger partial charge in [-0.15, -0.1) is 11.3 Å². The summed E-state index contributed by atoms with van der Waals surface area (Å²) in [6.45, 7) is 2.55. The first-order valence-corrected chi connectivity index (χ1v) is 8.07. The molecule has 0 bridgehead atoms. The maximum atomic E-state index is 12.0. The highest BCUT2D eigenvalue weighted by atomic mass is 79.9. The molecule has 0 spiro atoms. The molecule has 2 aromatic rings. The van der Waals surface area contributed by atoms with E-state index < -0.39 is 0 Å². The molecule has 1 heterocycles. The zero-order valence-electron chi connectivity index (χ0n) is 11.2. The lowest BCUT2D eigenvalue weighted by Crippen LogP contribution is -2.28. The van der Waals surface area contributed by atoms with Gasteiger partial charge < -0.3 is 11.1 Å². The first-order valence-electron chi connectivity index (χ1n) is 6.46. The van der Waals surface area contributed by atoms with Gasteiger partial charge in [0.2, 0.25) is 0 Å². The van der Waals surface area contributed by atoms with Gasteiger partial charge in [-0.2, -0.15) is 0 Å². The molecule has 20 heavy (non-hydrogen) atoms. The first kappa shape index (κ1) is 15.2. The van der Waals surface area contributed by atoms with E-state index in [0.717, 1.165) is 26.2 Å². The quantitative estimate of drug-likeness (QED) is 0.862. The average Bonchev–Trinajstić information content (AvgIpc) is 2.88. The van der Waals surface area contributed by atoms with Gasteiger partial charge in [0.1, 0.15) is 0 Å². The third-order valence-corrected chi connectivity index (χ3v) is 4.51. The van der Waals surface area contributed by atoms with Gasteiger partial charge in [-0.3, -0.25) is 4.79 Å². The van der Waals surface area contributed by atoms with E-state index in [9.17, 15) is 4.79 Å². The number of nitrogens with one attached hydrogen (secondary N) is 1. The van der Waals surface area contributed by atoms with E-state index in [1.165, 1.54) is 11.3 Å². The minimum atomic E-state index is -0.0287. The van der Waals surface area contributed by atoms with E-state index in [-0.39, 0.29) is 11.9 Å². The van der Waals surface area contributed by atoms with Crippen LogP contribution < -0.4 is 11.1 Å². The molecule has 1 atom stereocenters. The SMILES string of the molecule is CC(N)CCNC(=O)c1ccc(-c2ccc(Br)cc2)s1. The smallest absolute Gasteiger partial charge is 0.261 e. The molecule has 5 heteroatoms. The Hall–Kier alpha value is -1.17. The third kappa shape index (κ3) is 4.16. The van der Waals surface area contributed by atoms with E-state index in [4.69, 9.17) is 5.73 Å². The van der Waals surface area contributed by atoms with Crippen molar-refractivity contribution in [3.8, 4) is 10.4 Å². The van der Waals surface area contributed by atoms with Crippen LogP contribution in [0.25, 0.3) is 10.4 Å². The molecule has 1 amide bonds. The van der Waals surface area contributed by atoms with Gasteiger partial charge in [-0.05, 0) is 43.2 Å². The predicted molar refractivity (Wildman–Crippen MR) is 88.1 cm³/mol. The molecule has 1 aromatic heterocycles. The van der Waals surface area contributed by atoms with E-state index in [0.29, 0.717) is 6.54 Å². The Morgan fingerprint density at radius 2 is 2.00 bits per heavy atom. The third-order valence-electron chi connectivity index (χ3n) is 2.84. The number of thiophene rings is 1. The summed E-state index contributed by atoms with van der Waals surface area (Å²) in [7, 11) is 0. The molecule has 0 fully saturated rings. The molecule has 0 saturated heterocycles. The monoisotopic (exact) mass is 352 g/mol. The Kier molecular flexibility index (Phi) is 5.34. The van der Waals surface area contributed by atoms with E-state index in [1.807, 2.05) is 43.3 Å². The number of nitrogens with two attached hydrogens (primary N) is 1. The fourth-order valence-electron chi connectivity index (χ4n) is 1.73. The maximum absolute atomic E-state index is 12.0. The number of rotatable bonds is 5. The van der Waals surface area contributed by atoms with Crippen molar-refractivity contribution in [3.63, 3.8) is 0 Å². The molecule has 0 aliphatic heterocycles. The van der Waals surface area contributed by atoms with Gasteiger partial charge in [-0.25, -0.2) is 0 Å². The van der Waals surface area contributed by atoms with Crippen LogP contribution in [0, 0.1) is 0 Å². The number of carbonyl (C=O) groups excluding carboxylic acids is 1. The number of halogens is 1. The lowest BCUT2D eigenvalue weighted by Gasteiger charge is -2.05. The molecule has 0 saturated carbocycles. The van der Waals surface area contributed by atoms with Crippen molar-refractivity contribution >= 4 is 33.2 Å². The second-order valence-corrected chi connectivity index (χ2v) is 6.69. The Labute approximate surface area is 131 Å². The summed E-state index contributed by atoms with van der Waals surface area (Å²) in [5.41, 5.74) is 6.78. The van der Waals surface area contributed by atoms with Crippen LogP contribution in [0.5, 0.6) is 0 Å². The van der Waals surface area contributed by atoms with Gasteiger partial charge in [0.05, 0.1) is 4.88 Å². The van der Waals surface area contributed by atoms with E-state index >= 15 is 0 Å². The summed E-state index contributed by atoms with van der Waals surface area (Å²) in [6.07, 6.45) is 0.788. The lowest BCUT2D eigenvalue weighted by atomic mass is 10.2. The fourth-order valence-corrected chi connectivity index (χ4v) is 2.92. The lowest BCUT2D eigenvalue weighted by molar-refractivity contribution is 0.0957. The Morgan fingerprint density at radius 1 is 1.30 bits per heavy atom. The standard InChI is InChI=1S/C15H17BrN2OS/c1-10(17)8-9-18-15(19)14-7-6-13(20-14)11-2-4-12(16)5-3-11/h2-7,10H,8-9,17H2,1H3,(H,18,19). The zero-order chi connectivity index (χ0) is 14.5. The number of amides is 1. The fraction of sp³-hybridized carbons (Fsp3) is 0.267. The minimum Gasteiger partial charge on any atom is -0.351 e. The average molecular weight is 353 g/mol. The van der Waals surface area contributed by atoms with Crippen LogP contribution in [-0.4, -0.2) is 18.5 Å². The molecule has 0 aliphatic carbocycles. The van der Waals surface area contributed by atoms with Gasteiger partial charge >= 0.3 is 0 Å². The molecule has 0 radical (unpaired) electrons. The number of carbonyl (C=O) groups is 1. The molecule has 1 aromatic carbocycles. The zero-order valence-corrected chi connectivity index (χ0v) is 13.6. The molecule has 106 valence electrons. The van der Waals surface area contributed by atoms with Crippen molar-refractivity contribution < 1.29 is 4.79 Å². The Morgan fingerprint density at radius 3 is 2.65 bits per heavy atom. The van der Waals surface area contributed by atoms with Crippen LogP contribution in [0.2, 0.25) is 0 Å². The molecule has 0 aliphatic rings. The van der Waals surface area contributed by atoms with E-state index in [2.05, 4.69) is 21.2 Å². The highest BCUT2D eigenvalue weighted by Crippen LogP contribution is 2.29. The molecule has 3 nitrogen and oxygen atoms in total. The highest BCUT2D eigenvalue weighted by Gasteiger charge is 2.10. The molecule has 3 N–H and O–H groups in total. The van der Waals surface area contributed by atoms with Gasteiger partial charge in [0.25, 0.3) is 5.91 Å². The largest absolute Gasteiger partial charge is 0.351 e. The Balaban J connectivity index is 2.01. The first-order chi connectivity index (χ1) is 9.56. The van der Waals surface area contributed by atoms with Crippen molar-refractivity contribution in [1.82, 2.24) is 5.32 Å². The molecule has 2 rings (SSSR count). The van der Waals surface area contributed by atoms with Crippen molar-refractivity contribution in [1.29, 1.82) is 0 Å². The van der Waals surface area contributed by atoms with Crippen LogP contribution >= 0.6 is 27.3 Å².